The number of benzene rings is 2. The Bertz CT molecular complexity index is 1350. The van der Waals surface area contributed by atoms with E-state index in [1.54, 1.807) is 11.8 Å². The number of thioether (sulfide) groups is 1. The maximum absolute atomic E-state index is 6.11. The van der Waals surface area contributed by atoms with Crippen LogP contribution in [0.4, 0.5) is 5.69 Å². The molecular weight excluding hydrogens is 414 g/mol. The minimum atomic E-state index is 0.581. The van der Waals surface area contributed by atoms with Crippen LogP contribution in [0.25, 0.3) is 21.9 Å². The highest BCUT2D eigenvalue weighted by atomic mass is 32.2. The Kier molecular flexibility index (Phi) is 6.43. The number of aryl methyl sites for hydroxylation is 4. The zero-order chi connectivity index (χ0) is 22.8. The molecule has 0 bridgehead atoms. The van der Waals surface area contributed by atoms with E-state index in [1.165, 1.54) is 16.0 Å². The van der Waals surface area contributed by atoms with Gasteiger partial charge in [-0.2, -0.15) is 0 Å². The van der Waals surface area contributed by atoms with E-state index in [2.05, 4.69) is 74.7 Å². The zero-order valence-electron chi connectivity index (χ0n) is 19.6. The number of ether oxygens (including phenoxy) is 1. The highest BCUT2D eigenvalue weighted by Gasteiger charge is 2.15. The van der Waals surface area contributed by atoms with Crippen molar-refractivity contribution in [2.45, 2.75) is 39.5 Å². The molecule has 0 aliphatic rings. The van der Waals surface area contributed by atoms with E-state index in [1.807, 2.05) is 20.8 Å². The van der Waals surface area contributed by atoms with Crippen molar-refractivity contribution in [3.63, 3.8) is 0 Å². The van der Waals surface area contributed by atoms with Crippen LogP contribution in [0.3, 0.4) is 0 Å². The molecular formula is C28H29NO2S. The molecule has 0 fully saturated rings. The van der Waals surface area contributed by atoms with Gasteiger partial charge in [-0.15, -0.1) is 11.8 Å². The summed E-state index contributed by atoms with van der Waals surface area (Å²) in [7, 11) is 0. The van der Waals surface area contributed by atoms with Crippen molar-refractivity contribution in [1.82, 2.24) is 0 Å². The fraction of sp³-hybridized carbons (Fsp3) is 0.250. The Morgan fingerprint density at radius 3 is 2.19 bits per heavy atom. The summed E-state index contributed by atoms with van der Waals surface area (Å²) >= 11 is 1.74. The van der Waals surface area contributed by atoms with Gasteiger partial charge in [0.1, 0.15) is 17.3 Å². The van der Waals surface area contributed by atoms with Gasteiger partial charge in [-0.1, -0.05) is 18.2 Å². The fourth-order valence-corrected chi connectivity index (χ4v) is 4.41. The van der Waals surface area contributed by atoms with Gasteiger partial charge < -0.3 is 9.15 Å². The monoisotopic (exact) mass is 443 g/mol. The standard InChI is InChI=1S/C28H29NO2S/c1-7-30-26-16-22(21-9-12-24(32-6)13-10-21)15-25(27-19(4)31-20(5)28(26)27)29-23-11-8-17(2)18(3)14-23/h8-16H,7H2,1-6H3. The molecule has 0 aliphatic heterocycles. The molecule has 0 radical (unpaired) electrons. The summed E-state index contributed by atoms with van der Waals surface area (Å²) in [4.78, 5) is 6.33. The third kappa shape index (κ3) is 4.33. The van der Waals surface area contributed by atoms with Gasteiger partial charge >= 0.3 is 0 Å². The van der Waals surface area contributed by atoms with Crippen LogP contribution < -0.4 is 10.1 Å². The third-order valence-electron chi connectivity index (χ3n) is 5.80. The van der Waals surface area contributed by atoms with E-state index in [-0.39, 0.29) is 0 Å². The lowest BCUT2D eigenvalue weighted by atomic mass is 10.1. The first-order valence-corrected chi connectivity index (χ1v) is 12.1. The Labute approximate surface area is 194 Å². The van der Waals surface area contributed by atoms with Gasteiger partial charge in [-0.25, -0.2) is 4.99 Å². The van der Waals surface area contributed by atoms with Crippen LogP contribution in [0, 0.1) is 27.7 Å². The predicted octanol–water partition coefficient (Wildman–Crippen LogP) is 7.69. The van der Waals surface area contributed by atoms with Gasteiger partial charge in [0.25, 0.3) is 0 Å². The van der Waals surface area contributed by atoms with Crippen molar-refractivity contribution in [1.29, 1.82) is 0 Å². The summed E-state index contributed by atoms with van der Waals surface area (Å²) in [6.45, 7) is 10.8. The molecule has 3 aromatic carbocycles. The summed E-state index contributed by atoms with van der Waals surface area (Å²) in [6.07, 6.45) is 2.09. The molecule has 0 N–H and O–H groups in total. The molecule has 1 heterocycles. The SMILES string of the molecule is CCOc1cc(-c2ccc(SC)cc2)cc(=Nc2ccc(C)c(C)c2)c2c(C)oc(C)c12. The highest BCUT2D eigenvalue weighted by Crippen LogP contribution is 2.34. The molecule has 4 aromatic rings. The van der Waals surface area contributed by atoms with Gasteiger partial charge in [0.2, 0.25) is 0 Å². The molecule has 32 heavy (non-hydrogen) atoms. The summed E-state index contributed by atoms with van der Waals surface area (Å²) in [5.74, 6) is 2.51. The average molecular weight is 444 g/mol. The Hall–Kier alpha value is -2.98. The van der Waals surface area contributed by atoms with Gasteiger partial charge in [0, 0.05) is 4.90 Å². The second kappa shape index (κ2) is 9.25. The lowest BCUT2D eigenvalue weighted by molar-refractivity contribution is 0.344. The van der Waals surface area contributed by atoms with E-state index in [9.17, 15) is 0 Å². The molecule has 4 heteroatoms. The Morgan fingerprint density at radius 2 is 1.53 bits per heavy atom. The molecule has 3 nitrogen and oxygen atoms in total. The maximum Gasteiger partial charge on any atom is 0.131 e. The lowest BCUT2D eigenvalue weighted by Gasteiger charge is -2.05. The third-order valence-corrected chi connectivity index (χ3v) is 6.55. The smallest absolute Gasteiger partial charge is 0.131 e. The van der Waals surface area contributed by atoms with Crippen LogP contribution in [-0.2, 0) is 0 Å². The lowest BCUT2D eigenvalue weighted by Crippen LogP contribution is -2.00. The second-order valence-corrected chi connectivity index (χ2v) is 8.88. The Balaban J connectivity index is 2.09. The van der Waals surface area contributed by atoms with Crippen LogP contribution in [0.5, 0.6) is 5.75 Å². The summed E-state index contributed by atoms with van der Waals surface area (Å²) in [5.41, 5.74) is 5.62. The van der Waals surface area contributed by atoms with Crippen molar-refractivity contribution in [3.05, 3.63) is 82.6 Å². The molecule has 0 saturated heterocycles. The number of furan rings is 1. The van der Waals surface area contributed by atoms with E-state index in [4.69, 9.17) is 14.1 Å². The van der Waals surface area contributed by atoms with E-state index in [0.717, 1.165) is 50.2 Å². The molecule has 0 spiro atoms. The number of rotatable bonds is 5. The highest BCUT2D eigenvalue weighted by molar-refractivity contribution is 7.98. The fourth-order valence-electron chi connectivity index (χ4n) is 4.01. The molecule has 0 saturated carbocycles. The largest absolute Gasteiger partial charge is 0.493 e. The average Bonchev–Trinajstić information content (AvgIpc) is 2.97. The van der Waals surface area contributed by atoms with Crippen molar-refractivity contribution in [3.8, 4) is 16.9 Å². The van der Waals surface area contributed by atoms with Gasteiger partial charge in [0.15, 0.2) is 0 Å². The maximum atomic E-state index is 6.11. The zero-order valence-corrected chi connectivity index (χ0v) is 20.4. The summed E-state index contributed by atoms with van der Waals surface area (Å²) in [6, 6.07) is 19.2. The van der Waals surface area contributed by atoms with Crippen molar-refractivity contribution >= 4 is 28.2 Å². The van der Waals surface area contributed by atoms with Crippen molar-refractivity contribution < 1.29 is 9.15 Å². The van der Waals surface area contributed by atoms with E-state index < -0.39 is 0 Å². The number of hydrogen-bond acceptors (Lipinski definition) is 4. The predicted molar refractivity (Wildman–Crippen MR) is 135 cm³/mol. The first kappa shape index (κ1) is 22.2. The summed E-state index contributed by atoms with van der Waals surface area (Å²) in [5, 5.41) is 2.86. The number of hydrogen-bond donors (Lipinski definition) is 0. The Morgan fingerprint density at radius 1 is 0.812 bits per heavy atom. The van der Waals surface area contributed by atoms with Gasteiger partial charge in [0.05, 0.1) is 28.4 Å². The van der Waals surface area contributed by atoms with Crippen LogP contribution in [0.2, 0.25) is 0 Å². The van der Waals surface area contributed by atoms with Crippen molar-refractivity contribution in [2.24, 2.45) is 4.99 Å². The topological polar surface area (TPSA) is 34.7 Å². The van der Waals surface area contributed by atoms with E-state index in [0.29, 0.717) is 6.61 Å². The normalized spacial score (nSPS) is 11.9. The summed E-state index contributed by atoms with van der Waals surface area (Å²) < 4.78 is 12.2. The minimum Gasteiger partial charge on any atom is -0.493 e. The van der Waals surface area contributed by atoms with Crippen LogP contribution in [0.1, 0.15) is 29.6 Å². The van der Waals surface area contributed by atoms with Crippen LogP contribution >= 0.6 is 11.8 Å². The van der Waals surface area contributed by atoms with Crippen molar-refractivity contribution in [2.75, 3.05) is 12.9 Å². The second-order valence-electron chi connectivity index (χ2n) is 8.00. The van der Waals surface area contributed by atoms with E-state index >= 15 is 0 Å². The van der Waals surface area contributed by atoms with Gasteiger partial charge in [-0.05, 0) is 99.5 Å². The van der Waals surface area contributed by atoms with Crippen LogP contribution in [-0.4, -0.2) is 12.9 Å². The first-order chi connectivity index (χ1) is 15.4. The molecule has 0 atom stereocenters. The minimum absolute atomic E-state index is 0.581. The van der Waals surface area contributed by atoms with Crippen LogP contribution in [0.15, 0.2) is 68.9 Å². The van der Waals surface area contributed by atoms with Gasteiger partial charge in [-0.3, -0.25) is 0 Å². The molecule has 164 valence electrons. The molecule has 0 aliphatic carbocycles. The number of fused-ring (bicyclic) bond motifs is 1. The quantitative estimate of drug-likeness (QED) is 0.297. The first-order valence-electron chi connectivity index (χ1n) is 10.9. The molecule has 1 aromatic heterocycles. The molecule has 4 rings (SSSR count). The number of nitrogens with zero attached hydrogens (tertiary/aromatic N) is 1. The molecule has 0 amide bonds. The molecule has 0 unspecified atom stereocenters.